The van der Waals surface area contributed by atoms with E-state index in [0.29, 0.717) is 13.0 Å². The van der Waals surface area contributed by atoms with Gasteiger partial charge in [0.25, 0.3) is 5.91 Å². The van der Waals surface area contributed by atoms with Crippen molar-refractivity contribution in [3.63, 3.8) is 0 Å². The number of nitrogens with zero attached hydrogens (tertiary/aromatic N) is 2. The summed E-state index contributed by atoms with van der Waals surface area (Å²) >= 11 is 5.76. The van der Waals surface area contributed by atoms with Gasteiger partial charge in [-0.3, -0.25) is 9.59 Å². The summed E-state index contributed by atoms with van der Waals surface area (Å²) in [5.74, 6) is -1.92. The number of nitriles is 1. The summed E-state index contributed by atoms with van der Waals surface area (Å²) in [6, 6.07) is 5.77. The molecular weight excluding hydrogens is 297 g/mol. The number of nitrogens with one attached hydrogen (secondary N) is 1. The van der Waals surface area contributed by atoms with Gasteiger partial charge in [0.05, 0.1) is 23.2 Å². The Hall–Kier alpha value is -2.13. The molecule has 7 heteroatoms. The van der Waals surface area contributed by atoms with Crippen LogP contribution in [0.1, 0.15) is 23.7 Å². The van der Waals surface area contributed by atoms with Crippen molar-refractivity contribution in [3.8, 4) is 6.07 Å². The van der Waals surface area contributed by atoms with Crippen molar-refractivity contribution in [1.29, 1.82) is 5.26 Å². The third kappa shape index (κ3) is 4.72. The molecule has 0 aliphatic heterocycles. The minimum atomic E-state index is -0.764. The summed E-state index contributed by atoms with van der Waals surface area (Å²) in [7, 11) is 0. The van der Waals surface area contributed by atoms with Crippen LogP contribution in [0.5, 0.6) is 0 Å². The van der Waals surface area contributed by atoms with Crippen LogP contribution in [0.2, 0.25) is 5.02 Å². The van der Waals surface area contributed by atoms with Crippen LogP contribution in [0, 0.1) is 17.1 Å². The van der Waals surface area contributed by atoms with Crippen molar-refractivity contribution in [1.82, 2.24) is 10.2 Å². The molecule has 1 N–H and O–H groups in total. The molecule has 1 aromatic rings. The van der Waals surface area contributed by atoms with Gasteiger partial charge in [0.2, 0.25) is 5.91 Å². The number of benzene rings is 1. The highest BCUT2D eigenvalue weighted by molar-refractivity contribution is 6.33. The van der Waals surface area contributed by atoms with E-state index in [-0.39, 0.29) is 23.7 Å². The van der Waals surface area contributed by atoms with E-state index >= 15 is 0 Å². The van der Waals surface area contributed by atoms with E-state index < -0.39 is 17.6 Å². The van der Waals surface area contributed by atoms with E-state index in [1.807, 2.05) is 13.0 Å². The molecule has 5 nitrogen and oxygen atoms in total. The average molecular weight is 312 g/mol. The molecule has 0 saturated carbocycles. The summed E-state index contributed by atoms with van der Waals surface area (Å²) < 4.78 is 13.5. The summed E-state index contributed by atoms with van der Waals surface area (Å²) in [5, 5.41) is 10.9. The molecule has 0 aliphatic rings. The second kappa shape index (κ2) is 8.22. The largest absolute Gasteiger partial charge is 0.343 e. The number of amides is 2. The SMILES string of the molecule is CCCN(CC#N)C(=O)CNC(=O)c1c(F)cccc1Cl. The Morgan fingerprint density at radius 3 is 2.76 bits per heavy atom. The number of rotatable bonds is 6. The van der Waals surface area contributed by atoms with Gasteiger partial charge in [-0.2, -0.15) is 5.26 Å². The minimum Gasteiger partial charge on any atom is -0.343 e. The zero-order valence-corrected chi connectivity index (χ0v) is 12.3. The van der Waals surface area contributed by atoms with Crippen molar-refractivity contribution in [2.75, 3.05) is 19.6 Å². The number of hydrogen-bond acceptors (Lipinski definition) is 3. The Balaban J connectivity index is 2.68. The molecule has 0 aromatic heterocycles. The lowest BCUT2D eigenvalue weighted by molar-refractivity contribution is -0.129. The summed E-state index contributed by atoms with van der Waals surface area (Å²) in [6.45, 7) is 1.92. The van der Waals surface area contributed by atoms with Gasteiger partial charge >= 0.3 is 0 Å². The van der Waals surface area contributed by atoms with Gasteiger partial charge in [0, 0.05) is 6.54 Å². The molecule has 112 valence electrons. The van der Waals surface area contributed by atoms with E-state index in [4.69, 9.17) is 16.9 Å². The highest BCUT2D eigenvalue weighted by Gasteiger charge is 2.18. The van der Waals surface area contributed by atoms with E-state index in [1.165, 1.54) is 17.0 Å². The van der Waals surface area contributed by atoms with Crippen molar-refractivity contribution < 1.29 is 14.0 Å². The van der Waals surface area contributed by atoms with Crippen LogP contribution in [-0.2, 0) is 4.79 Å². The molecular formula is C14H15ClFN3O2. The van der Waals surface area contributed by atoms with Crippen LogP contribution in [0.4, 0.5) is 4.39 Å². The first-order valence-electron chi connectivity index (χ1n) is 6.38. The number of hydrogen-bond donors (Lipinski definition) is 1. The van der Waals surface area contributed by atoms with Gasteiger partial charge in [-0.25, -0.2) is 4.39 Å². The summed E-state index contributed by atoms with van der Waals surface area (Å²) in [6.07, 6.45) is 0.695. The van der Waals surface area contributed by atoms with Crippen LogP contribution in [0.15, 0.2) is 18.2 Å². The average Bonchev–Trinajstić information content (AvgIpc) is 2.44. The third-order valence-electron chi connectivity index (χ3n) is 2.70. The molecule has 0 spiro atoms. The fraction of sp³-hybridized carbons (Fsp3) is 0.357. The Morgan fingerprint density at radius 1 is 1.48 bits per heavy atom. The quantitative estimate of drug-likeness (QED) is 0.816. The standard InChI is InChI=1S/C14H15ClFN3O2/c1-2-7-19(8-6-17)12(20)9-18-14(21)13-10(15)4-3-5-11(13)16/h3-5H,2,7-9H2,1H3,(H,18,21). The van der Waals surface area contributed by atoms with Crippen LogP contribution < -0.4 is 5.32 Å². The highest BCUT2D eigenvalue weighted by atomic mass is 35.5. The maximum absolute atomic E-state index is 13.5. The van der Waals surface area contributed by atoms with Crippen LogP contribution in [-0.4, -0.2) is 36.3 Å². The second-order valence-electron chi connectivity index (χ2n) is 4.25. The van der Waals surface area contributed by atoms with Crippen LogP contribution in [0.25, 0.3) is 0 Å². The zero-order chi connectivity index (χ0) is 15.8. The van der Waals surface area contributed by atoms with Crippen LogP contribution in [0.3, 0.4) is 0 Å². The first-order chi connectivity index (χ1) is 10.0. The molecule has 0 saturated heterocycles. The summed E-state index contributed by atoms with van der Waals surface area (Å²) in [5.41, 5.74) is -0.297. The molecule has 0 bridgehead atoms. The van der Waals surface area contributed by atoms with Crippen molar-refractivity contribution >= 4 is 23.4 Å². The van der Waals surface area contributed by atoms with Gasteiger partial charge < -0.3 is 10.2 Å². The van der Waals surface area contributed by atoms with E-state index in [0.717, 1.165) is 6.07 Å². The zero-order valence-electron chi connectivity index (χ0n) is 11.5. The second-order valence-corrected chi connectivity index (χ2v) is 4.66. The Labute approximate surface area is 127 Å². The lowest BCUT2D eigenvalue weighted by Gasteiger charge is -2.19. The van der Waals surface area contributed by atoms with Gasteiger partial charge in [-0.05, 0) is 18.6 Å². The topological polar surface area (TPSA) is 73.2 Å². The van der Waals surface area contributed by atoms with Crippen molar-refractivity contribution in [2.24, 2.45) is 0 Å². The maximum Gasteiger partial charge on any atom is 0.256 e. The normalized spacial score (nSPS) is 9.81. The molecule has 21 heavy (non-hydrogen) atoms. The first kappa shape index (κ1) is 16.9. The van der Waals surface area contributed by atoms with E-state index in [2.05, 4.69) is 5.32 Å². The molecule has 0 radical (unpaired) electrons. The lowest BCUT2D eigenvalue weighted by atomic mass is 10.2. The molecule has 0 heterocycles. The molecule has 2 amide bonds. The summed E-state index contributed by atoms with van der Waals surface area (Å²) in [4.78, 5) is 25.0. The van der Waals surface area contributed by atoms with E-state index in [9.17, 15) is 14.0 Å². The Morgan fingerprint density at radius 2 is 2.19 bits per heavy atom. The molecule has 1 aromatic carbocycles. The first-order valence-corrected chi connectivity index (χ1v) is 6.76. The van der Waals surface area contributed by atoms with Crippen molar-refractivity contribution in [2.45, 2.75) is 13.3 Å². The molecule has 0 aliphatic carbocycles. The minimum absolute atomic E-state index is 0.0256. The fourth-order valence-corrected chi connectivity index (χ4v) is 1.97. The van der Waals surface area contributed by atoms with Crippen molar-refractivity contribution in [3.05, 3.63) is 34.6 Å². The predicted octanol–water partition coefficient (Wildman–Crippen LogP) is 1.97. The maximum atomic E-state index is 13.5. The van der Waals surface area contributed by atoms with Gasteiger partial charge in [-0.15, -0.1) is 0 Å². The van der Waals surface area contributed by atoms with Gasteiger partial charge in [-0.1, -0.05) is 24.6 Å². The Kier molecular flexibility index (Phi) is 6.63. The Bertz CT molecular complexity index is 552. The van der Waals surface area contributed by atoms with Crippen LogP contribution >= 0.6 is 11.6 Å². The fourth-order valence-electron chi connectivity index (χ4n) is 1.72. The van der Waals surface area contributed by atoms with Gasteiger partial charge in [0.1, 0.15) is 12.4 Å². The molecule has 1 rings (SSSR count). The smallest absolute Gasteiger partial charge is 0.256 e. The highest BCUT2D eigenvalue weighted by Crippen LogP contribution is 2.18. The molecule has 0 atom stereocenters. The third-order valence-corrected chi connectivity index (χ3v) is 3.01. The van der Waals surface area contributed by atoms with E-state index in [1.54, 1.807) is 0 Å². The molecule has 0 fully saturated rings. The molecule has 0 unspecified atom stereocenters. The number of carbonyl (C=O) groups excluding carboxylic acids is 2. The number of carbonyl (C=O) groups is 2. The van der Waals surface area contributed by atoms with Gasteiger partial charge in [0.15, 0.2) is 0 Å². The number of halogens is 2. The predicted molar refractivity (Wildman–Crippen MR) is 76.2 cm³/mol. The lowest BCUT2D eigenvalue weighted by Crippen LogP contribution is -2.41. The monoisotopic (exact) mass is 311 g/mol.